The summed E-state index contributed by atoms with van der Waals surface area (Å²) < 4.78 is 4.95. The quantitative estimate of drug-likeness (QED) is 0.563. The van der Waals surface area contributed by atoms with Gasteiger partial charge >= 0.3 is 0 Å². The molecule has 2 aromatic heterocycles. The number of hydrogen-bond acceptors (Lipinski definition) is 2. The van der Waals surface area contributed by atoms with Crippen molar-refractivity contribution in [3.63, 3.8) is 0 Å². The minimum absolute atomic E-state index is 0.109. The Kier molecular flexibility index (Phi) is 3.67. The molecule has 1 atom stereocenters. The maximum absolute atomic E-state index is 4.95. The lowest BCUT2D eigenvalue weighted by atomic mass is 10.0. The van der Waals surface area contributed by atoms with E-state index in [-0.39, 0.29) is 6.10 Å². The third kappa shape index (κ3) is 2.65. The molecule has 3 heterocycles. The highest BCUT2D eigenvalue weighted by atomic mass is 32.1. The van der Waals surface area contributed by atoms with Gasteiger partial charge in [0, 0.05) is 12.2 Å². The van der Waals surface area contributed by atoms with Gasteiger partial charge < -0.3 is 4.74 Å². The molecule has 1 unspecified atom stereocenters. The lowest BCUT2D eigenvalue weighted by molar-refractivity contribution is 0.0388. The Morgan fingerprint density at radius 1 is 0.818 bits per heavy atom. The third-order valence-corrected chi connectivity index (χ3v) is 5.46. The van der Waals surface area contributed by atoms with Crippen LogP contribution < -0.4 is 0 Å². The van der Waals surface area contributed by atoms with Crippen LogP contribution in [0, 0.1) is 0 Å². The number of benzene rings is 1. The highest BCUT2D eigenvalue weighted by Gasteiger charge is 2.25. The van der Waals surface area contributed by atoms with Gasteiger partial charge in [-0.3, -0.25) is 0 Å². The number of ether oxygens (including phenoxy) is 1. The van der Waals surface area contributed by atoms with Crippen molar-refractivity contribution in [1.82, 2.24) is 0 Å². The minimum Gasteiger partial charge on any atom is -0.573 e. The van der Waals surface area contributed by atoms with Crippen LogP contribution in [0.1, 0.15) is 21.4 Å². The van der Waals surface area contributed by atoms with Gasteiger partial charge in [-0.2, -0.15) is 0 Å². The summed E-state index contributed by atoms with van der Waals surface area (Å²) in [5.74, 6) is 1.08. The molecule has 0 spiro atoms. The van der Waals surface area contributed by atoms with Crippen LogP contribution >= 0.6 is 22.7 Å². The lowest BCUT2D eigenvalue weighted by Gasteiger charge is -2.20. The smallest absolute Gasteiger partial charge is 0.273 e. The number of rotatable bonds is 3. The summed E-state index contributed by atoms with van der Waals surface area (Å²) in [4.78, 5) is 2.51. The third-order valence-electron chi connectivity index (χ3n) is 3.62. The molecule has 0 saturated heterocycles. The Balaban J connectivity index is 1.78. The van der Waals surface area contributed by atoms with Gasteiger partial charge in [0.25, 0.3) is 5.76 Å². The van der Waals surface area contributed by atoms with Gasteiger partial charge in [-0.25, -0.2) is 0 Å². The fraction of sp³-hybridized carbons (Fsp3) is 0.0526. The second-order valence-corrected chi connectivity index (χ2v) is 7.01. The van der Waals surface area contributed by atoms with Gasteiger partial charge in [0.15, 0.2) is 0 Å². The molecule has 0 radical (unpaired) electrons. The summed E-state index contributed by atoms with van der Waals surface area (Å²) in [7, 11) is 0. The van der Waals surface area contributed by atoms with E-state index in [1.807, 2.05) is 0 Å². The molecule has 0 bridgehead atoms. The Morgan fingerprint density at radius 3 is 2.36 bits per heavy atom. The van der Waals surface area contributed by atoms with Gasteiger partial charge in [-0.05, 0) is 34.0 Å². The van der Waals surface area contributed by atoms with Crippen LogP contribution in [0.25, 0.3) is 11.3 Å². The van der Waals surface area contributed by atoms with Crippen LogP contribution in [0.15, 0.2) is 77.5 Å². The Hall–Kier alpha value is -2.10. The summed E-state index contributed by atoms with van der Waals surface area (Å²) in [5, 5.41) is 4.22. The minimum atomic E-state index is 0.109. The zero-order valence-corrected chi connectivity index (χ0v) is 13.5. The molecule has 3 heteroatoms. The second-order valence-electron chi connectivity index (χ2n) is 5.08. The summed E-state index contributed by atoms with van der Waals surface area (Å²) in [6, 6.07) is 19.0. The van der Waals surface area contributed by atoms with Gasteiger partial charge in [0.1, 0.15) is 4.88 Å². The zero-order valence-electron chi connectivity index (χ0n) is 11.8. The standard InChI is InChI=1S/C19H14OS2/c1-2-6-14(7-3-1)15-12-16(18-8-4-10-21-18)20-17(13-15)19-9-5-11-22-19/h1-13,16H/p+1. The van der Waals surface area contributed by atoms with Crippen molar-refractivity contribution >= 4 is 34.0 Å². The van der Waals surface area contributed by atoms with E-state index in [1.54, 1.807) is 22.7 Å². The monoisotopic (exact) mass is 323 g/mol. The first-order chi connectivity index (χ1) is 10.9. The van der Waals surface area contributed by atoms with E-state index >= 15 is 0 Å². The zero-order chi connectivity index (χ0) is 14.8. The van der Waals surface area contributed by atoms with Gasteiger partial charge in [0.05, 0.1) is 4.88 Å². The van der Waals surface area contributed by atoms with E-state index in [0.29, 0.717) is 0 Å². The molecule has 4 rings (SSSR count). The van der Waals surface area contributed by atoms with E-state index in [0.717, 1.165) is 5.76 Å². The number of thiophene rings is 2. The largest absolute Gasteiger partial charge is 0.573 e. The maximum atomic E-state index is 4.95. The van der Waals surface area contributed by atoms with Crippen molar-refractivity contribution in [2.75, 3.05) is 0 Å². The predicted molar refractivity (Wildman–Crippen MR) is 96.0 cm³/mol. The number of allylic oxidation sites excluding steroid dienone is 2. The van der Waals surface area contributed by atoms with Crippen molar-refractivity contribution < 1.29 is 4.74 Å². The van der Waals surface area contributed by atoms with Gasteiger partial charge in [-0.1, -0.05) is 42.5 Å². The molecule has 108 valence electrons. The molecule has 3 aromatic rings. The van der Waals surface area contributed by atoms with Crippen LogP contribution in [0.5, 0.6) is 0 Å². The van der Waals surface area contributed by atoms with Crippen molar-refractivity contribution in [2.24, 2.45) is 0 Å². The normalized spacial score (nSPS) is 17.5. The summed E-state index contributed by atoms with van der Waals surface area (Å²) in [6.07, 6.45) is 4.57. The summed E-state index contributed by atoms with van der Waals surface area (Å²) in [6.45, 7) is 0. The molecular formula is C19H15OS2+. The summed E-state index contributed by atoms with van der Waals surface area (Å²) in [5.41, 5.74) is 2.49. The van der Waals surface area contributed by atoms with Crippen molar-refractivity contribution in [1.29, 1.82) is 0 Å². The van der Waals surface area contributed by atoms with E-state index in [1.165, 1.54) is 20.9 Å². The number of hydrogen-bond donors (Lipinski definition) is 0. The van der Waals surface area contributed by atoms with Crippen LogP contribution in [0.3, 0.4) is 0 Å². The summed E-state index contributed by atoms with van der Waals surface area (Å²) >= 11 is 3.50. The second kappa shape index (κ2) is 5.95. The molecule has 0 amide bonds. The molecule has 0 saturated carbocycles. The average molecular weight is 323 g/mol. The first kappa shape index (κ1) is 13.6. The van der Waals surface area contributed by atoms with Crippen LogP contribution in [-0.4, -0.2) is 4.74 Å². The maximum Gasteiger partial charge on any atom is 0.273 e. The molecule has 1 N–H and O–H groups in total. The van der Waals surface area contributed by atoms with E-state index in [9.17, 15) is 0 Å². The molecule has 1 aliphatic heterocycles. The SMILES string of the molecule is C1=C(c2ccccc2)C=C(c2cccs2)[OH+]C1c1cccs1. The van der Waals surface area contributed by atoms with Crippen molar-refractivity contribution in [2.45, 2.75) is 6.10 Å². The van der Waals surface area contributed by atoms with Gasteiger partial charge in [-0.15, -0.1) is 22.7 Å². The van der Waals surface area contributed by atoms with E-state index in [2.05, 4.69) is 77.5 Å². The molecule has 0 fully saturated rings. The van der Waals surface area contributed by atoms with E-state index < -0.39 is 0 Å². The Bertz CT molecular complexity index is 797. The average Bonchev–Trinajstić information content (AvgIpc) is 3.29. The molecule has 1 nitrogen and oxygen atoms in total. The van der Waals surface area contributed by atoms with Crippen LogP contribution in [-0.2, 0) is 0 Å². The fourth-order valence-electron chi connectivity index (χ4n) is 2.56. The first-order valence-electron chi connectivity index (χ1n) is 7.17. The molecule has 1 aromatic carbocycles. The fourth-order valence-corrected chi connectivity index (χ4v) is 3.99. The molecule has 0 aliphatic carbocycles. The number of aliphatic hydroxyl groups is 2. The molecule has 1 aliphatic rings. The Labute approximate surface area is 137 Å². The lowest BCUT2D eigenvalue weighted by Crippen LogP contribution is -2.09. The van der Waals surface area contributed by atoms with E-state index in [4.69, 9.17) is 4.74 Å². The highest BCUT2D eigenvalue weighted by Crippen LogP contribution is 2.37. The highest BCUT2D eigenvalue weighted by molar-refractivity contribution is 7.11. The first-order valence-corrected chi connectivity index (χ1v) is 8.93. The molecule has 22 heavy (non-hydrogen) atoms. The Morgan fingerprint density at radius 2 is 1.64 bits per heavy atom. The van der Waals surface area contributed by atoms with Crippen LogP contribution in [0.4, 0.5) is 0 Å². The van der Waals surface area contributed by atoms with Crippen LogP contribution in [0.2, 0.25) is 0 Å². The van der Waals surface area contributed by atoms with Crippen molar-refractivity contribution in [3.8, 4) is 0 Å². The van der Waals surface area contributed by atoms with Gasteiger partial charge in [0.2, 0.25) is 6.10 Å². The van der Waals surface area contributed by atoms with Crippen molar-refractivity contribution in [3.05, 3.63) is 92.8 Å². The predicted octanol–water partition coefficient (Wildman–Crippen LogP) is 5.52. The molecular weight excluding hydrogens is 308 g/mol. The topological polar surface area (TPSA) is 12.8 Å².